The van der Waals surface area contributed by atoms with Crippen molar-refractivity contribution < 1.29 is 42.0 Å². The molecule has 316 valence electrons. The molecule has 0 aliphatic carbocycles. The lowest BCUT2D eigenvalue weighted by atomic mass is 10.1. The monoisotopic (exact) mass is 785 g/mol. The molecule has 0 amide bonds. The van der Waals surface area contributed by atoms with E-state index in [4.69, 9.17) is 23.3 Å². The second-order valence-electron chi connectivity index (χ2n) is 16.2. The topological polar surface area (TPSA) is 104 Å². The van der Waals surface area contributed by atoms with Crippen LogP contribution in [0, 0.1) is 0 Å². The number of nitrogens with zero attached hydrogens (tertiary/aromatic N) is 1. The number of hydrogen-bond acceptors (Lipinski definition) is 7. The molecule has 0 aromatic carbocycles. The van der Waals surface area contributed by atoms with Gasteiger partial charge in [0.05, 0.1) is 46.2 Å². The van der Waals surface area contributed by atoms with Crippen molar-refractivity contribution in [2.75, 3.05) is 47.5 Å². The number of ether oxygens (including phenoxy) is 3. The predicted octanol–water partition coefficient (Wildman–Crippen LogP) is 11.9. The quantitative estimate of drug-likeness (QED) is 0.0125. The number of carbonyl (C=O) groups excluding carboxylic acids is 1. The number of quaternary nitrogens is 1. The molecule has 0 radical (unpaired) electrons. The number of epoxide rings is 1. The number of phosphoric ester groups is 1. The summed E-state index contributed by atoms with van der Waals surface area (Å²) in [5.41, 5.74) is 0. The van der Waals surface area contributed by atoms with Gasteiger partial charge in [-0.2, -0.15) is 0 Å². The van der Waals surface area contributed by atoms with Crippen LogP contribution in [0.15, 0.2) is 36.6 Å². The molecule has 0 saturated carbocycles. The highest BCUT2D eigenvalue weighted by Gasteiger charge is 2.36. The van der Waals surface area contributed by atoms with Gasteiger partial charge in [0.25, 0.3) is 0 Å². The van der Waals surface area contributed by atoms with Crippen LogP contribution in [0.25, 0.3) is 0 Å². The molecular formula is C44H83NO8P+. The molecule has 3 unspecified atom stereocenters. The maximum Gasteiger partial charge on any atom is 0.472 e. The summed E-state index contributed by atoms with van der Waals surface area (Å²) in [7, 11) is 1.65. The van der Waals surface area contributed by atoms with Gasteiger partial charge in [-0.05, 0) is 76.7 Å². The number of carbonyl (C=O) groups is 1. The summed E-state index contributed by atoms with van der Waals surface area (Å²) in [6.07, 6.45) is 41.5. The van der Waals surface area contributed by atoms with E-state index in [2.05, 4.69) is 38.2 Å². The van der Waals surface area contributed by atoms with Crippen molar-refractivity contribution in [1.82, 2.24) is 0 Å². The number of hydrogen-bond donors (Lipinski definition) is 1. The third kappa shape index (κ3) is 33.8. The molecule has 1 N–H and O–H groups in total. The normalized spacial score (nSPS) is 17.8. The molecule has 1 heterocycles. The van der Waals surface area contributed by atoms with E-state index < -0.39 is 13.9 Å². The van der Waals surface area contributed by atoms with Crippen LogP contribution in [0.3, 0.4) is 0 Å². The number of allylic oxidation sites excluding steroid dienone is 4. The largest absolute Gasteiger partial charge is 0.492 e. The summed E-state index contributed by atoms with van der Waals surface area (Å²) >= 11 is 0. The van der Waals surface area contributed by atoms with E-state index in [9.17, 15) is 14.3 Å². The number of esters is 1. The summed E-state index contributed by atoms with van der Waals surface area (Å²) in [6, 6.07) is 0. The average Bonchev–Trinajstić information content (AvgIpc) is 3.88. The Labute approximate surface area is 331 Å². The molecule has 4 atom stereocenters. The average molecular weight is 785 g/mol. The van der Waals surface area contributed by atoms with Crippen molar-refractivity contribution in [2.45, 2.75) is 193 Å². The minimum Gasteiger partial charge on any atom is -0.492 e. The highest BCUT2D eigenvalue weighted by molar-refractivity contribution is 7.47. The first-order chi connectivity index (χ1) is 26.1. The highest BCUT2D eigenvalue weighted by atomic mass is 31.2. The summed E-state index contributed by atoms with van der Waals surface area (Å²) in [4.78, 5) is 22.7. The first-order valence-electron chi connectivity index (χ1n) is 21.9. The van der Waals surface area contributed by atoms with E-state index in [1.807, 2.05) is 27.2 Å². The molecule has 0 aromatic heterocycles. The van der Waals surface area contributed by atoms with Gasteiger partial charge in [0.15, 0.2) is 6.10 Å². The number of rotatable bonds is 39. The Morgan fingerprint density at radius 3 is 1.87 bits per heavy atom. The second kappa shape index (κ2) is 33.6. The fourth-order valence-corrected chi connectivity index (χ4v) is 6.81. The van der Waals surface area contributed by atoms with Gasteiger partial charge >= 0.3 is 13.8 Å². The minimum atomic E-state index is -4.27. The van der Waals surface area contributed by atoms with Crippen molar-refractivity contribution in [3.8, 4) is 0 Å². The SMILES string of the molecule is CCCCC/C=C\CC1OC1CCCCCCCC(=O)OC[C@H](COP(=O)(O)OCC[N+](C)(C)C)O/C=C/CCCCCC/C=C\CCCCCCCC. The lowest BCUT2D eigenvalue weighted by Gasteiger charge is -2.24. The van der Waals surface area contributed by atoms with E-state index in [-0.39, 0.29) is 25.8 Å². The van der Waals surface area contributed by atoms with Crippen LogP contribution < -0.4 is 0 Å². The lowest BCUT2D eigenvalue weighted by Crippen LogP contribution is -2.37. The number of likely N-dealkylation sites (N-methyl/N-ethyl adjacent to an activating group) is 1. The minimum absolute atomic E-state index is 0.0646. The number of phosphoric acid groups is 1. The first kappa shape index (κ1) is 50.5. The Kier molecular flexibility index (Phi) is 31.5. The zero-order valence-electron chi connectivity index (χ0n) is 35.4. The lowest BCUT2D eigenvalue weighted by molar-refractivity contribution is -0.870. The van der Waals surface area contributed by atoms with Gasteiger partial charge in [-0.15, -0.1) is 0 Å². The van der Waals surface area contributed by atoms with Crippen LogP contribution in [-0.2, 0) is 32.6 Å². The van der Waals surface area contributed by atoms with Gasteiger partial charge in [-0.1, -0.05) is 122 Å². The van der Waals surface area contributed by atoms with Gasteiger partial charge < -0.3 is 23.6 Å². The molecule has 0 bridgehead atoms. The molecule has 0 aromatic rings. The zero-order valence-corrected chi connectivity index (χ0v) is 36.3. The van der Waals surface area contributed by atoms with Crippen LogP contribution in [0.4, 0.5) is 0 Å². The first-order valence-corrected chi connectivity index (χ1v) is 23.4. The molecule has 1 saturated heterocycles. The molecule has 54 heavy (non-hydrogen) atoms. The highest BCUT2D eigenvalue weighted by Crippen LogP contribution is 2.43. The van der Waals surface area contributed by atoms with E-state index >= 15 is 0 Å². The molecule has 10 heteroatoms. The molecule has 1 fully saturated rings. The van der Waals surface area contributed by atoms with Crippen LogP contribution in [0.2, 0.25) is 0 Å². The third-order valence-electron chi connectivity index (χ3n) is 9.69. The van der Waals surface area contributed by atoms with Gasteiger partial charge in [0.2, 0.25) is 0 Å². The zero-order chi connectivity index (χ0) is 39.6. The van der Waals surface area contributed by atoms with Crippen molar-refractivity contribution >= 4 is 13.8 Å². The van der Waals surface area contributed by atoms with E-state index in [0.717, 1.165) is 70.6 Å². The van der Waals surface area contributed by atoms with Crippen molar-refractivity contribution in [3.05, 3.63) is 36.6 Å². The van der Waals surface area contributed by atoms with Gasteiger partial charge in [-0.3, -0.25) is 13.8 Å². The van der Waals surface area contributed by atoms with Crippen molar-refractivity contribution in [2.24, 2.45) is 0 Å². The van der Waals surface area contributed by atoms with Crippen molar-refractivity contribution in [3.63, 3.8) is 0 Å². The Morgan fingerprint density at radius 2 is 1.22 bits per heavy atom. The fraction of sp³-hybridized carbons (Fsp3) is 0.841. The van der Waals surface area contributed by atoms with Gasteiger partial charge in [0, 0.05) is 6.42 Å². The Bertz CT molecular complexity index is 1030. The summed E-state index contributed by atoms with van der Waals surface area (Å²) in [5, 5.41) is 0. The molecule has 9 nitrogen and oxygen atoms in total. The summed E-state index contributed by atoms with van der Waals surface area (Å²) < 4.78 is 40.6. The molecule has 1 aliphatic heterocycles. The molecular weight excluding hydrogens is 701 g/mol. The fourth-order valence-electron chi connectivity index (χ4n) is 6.07. The van der Waals surface area contributed by atoms with Crippen LogP contribution in [0.5, 0.6) is 0 Å². The molecule has 1 aliphatic rings. The van der Waals surface area contributed by atoms with Gasteiger partial charge in [0.1, 0.15) is 19.8 Å². The summed E-state index contributed by atoms with van der Waals surface area (Å²) in [6.45, 7) is 4.83. The standard InChI is InChI=1S/C44H82NO8P/c1-6-8-10-12-14-15-16-17-18-19-20-21-22-23-28-32-37-49-41(40-52-54(47,48)51-38-36-45(3,4)5)39-50-44(46)35-31-27-24-26-30-34-43-42(53-43)33-29-25-13-11-9-7-2/h17-18,25,29,32,37,41-43H,6-16,19-24,26-28,30-31,33-36,38-40H2,1-5H3/p+1/b18-17-,29-25-,37-32+/t41-,42?,43?/m1/s1. The van der Waals surface area contributed by atoms with E-state index in [0.29, 0.717) is 29.7 Å². The van der Waals surface area contributed by atoms with Crippen LogP contribution >= 0.6 is 7.82 Å². The number of unbranched alkanes of at least 4 members (excludes halogenated alkanes) is 18. The van der Waals surface area contributed by atoms with Gasteiger partial charge in [-0.25, -0.2) is 4.57 Å². The van der Waals surface area contributed by atoms with Crippen LogP contribution in [-0.4, -0.2) is 81.2 Å². The van der Waals surface area contributed by atoms with Crippen LogP contribution in [0.1, 0.15) is 174 Å². The predicted molar refractivity (Wildman–Crippen MR) is 223 cm³/mol. The maximum atomic E-state index is 12.5. The maximum absolute atomic E-state index is 12.5. The van der Waals surface area contributed by atoms with E-state index in [1.54, 1.807) is 6.26 Å². The molecule has 1 rings (SSSR count). The smallest absolute Gasteiger partial charge is 0.472 e. The third-order valence-corrected chi connectivity index (χ3v) is 10.7. The Hall–Kier alpha value is -1.48. The van der Waals surface area contributed by atoms with E-state index in [1.165, 1.54) is 83.5 Å². The summed E-state index contributed by atoms with van der Waals surface area (Å²) in [5.74, 6) is -0.298. The Balaban J connectivity index is 2.26. The second-order valence-corrected chi connectivity index (χ2v) is 17.6. The van der Waals surface area contributed by atoms with Crippen molar-refractivity contribution in [1.29, 1.82) is 0 Å². The Morgan fingerprint density at radius 1 is 0.685 bits per heavy atom. The molecule has 0 spiro atoms.